The molecular weight excluding hydrogens is 496 g/mol. The molecule has 5 nitrogen and oxygen atoms in total. The van der Waals surface area contributed by atoms with Crippen molar-refractivity contribution in [2.45, 2.75) is 19.9 Å². The van der Waals surface area contributed by atoms with Crippen LogP contribution in [0.25, 0.3) is 6.08 Å². The van der Waals surface area contributed by atoms with Gasteiger partial charge in [-0.3, -0.25) is 14.5 Å². The minimum Gasteiger partial charge on any atom is -0.449 e. The Morgan fingerprint density at radius 1 is 0.921 bits per heavy atom. The van der Waals surface area contributed by atoms with Gasteiger partial charge in [-0.05, 0) is 72.5 Å². The van der Waals surface area contributed by atoms with Crippen LogP contribution in [0.5, 0.6) is 5.75 Å². The first-order chi connectivity index (χ1) is 18.5. The molecule has 5 rings (SSSR count). The summed E-state index contributed by atoms with van der Waals surface area (Å²) >= 11 is 5.92. The van der Waals surface area contributed by atoms with Crippen molar-refractivity contribution in [3.05, 3.63) is 136 Å². The highest BCUT2D eigenvalue weighted by Gasteiger charge is 2.30. The van der Waals surface area contributed by atoms with Crippen molar-refractivity contribution in [1.82, 2.24) is 5.32 Å². The third-order valence-corrected chi connectivity index (χ3v) is 6.59. The molecule has 1 aliphatic rings. The molecule has 6 heteroatoms. The fourth-order valence-electron chi connectivity index (χ4n) is 4.37. The van der Waals surface area contributed by atoms with Crippen LogP contribution in [0.3, 0.4) is 0 Å². The summed E-state index contributed by atoms with van der Waals surface area (Å²) in [5, 5.41) is 3.63. The average Bonchev–Trinajstić information content (AvgIpc) is 2.92. The number of fused-ring (bicyclic) bond motifs is 1. The first-order valence-corrected chi connectivity index (χ1v) is 12.8. The van der Waals surface area contributed by atoms with Gasteiger partial charge in [0.25, 0.3) is 11.8 Å². The summed E-state index contributed by atoms with van der Waals surface area (Å²) < 4.78 is 6.00. The molecule has 4 aromatic rings. The maximum Gasteiger partial charge on any atom is 0.294 e. The molecule has 0 saturated carbocycles. The largest absolute Gasteiger partial charge is 0.449 e. The zero-order valence-electron chi connectivity index (χ0n) is 21.0. The predicted molar refractivity (Wildman–Crippen MR) is 151 cm³/mol. The molecule has 38 heavy (non-hydrogen) atoms. The number of ether oxygens (including phenoxy) is 1. The maximum atomic E-state index is 13.5. The smallest absolute Gasteiger partial charge is 0.294 e. The molecule has 0 aliphatic carbocycles. The minimum atomic E-state index is -0.214. The van der Waals surface area contributed by atoms with Crippen LogP contribution >= 0.6 is 11.6 Å². The maximum absolute atomic E-state index is 13.5. The van der Waals surface area contributed by atoms with Gasteiger partial charge in [0.1, 0.15) is 0 Å². The van der Waals surface area contributed by atoms with Crippen molar-refractivity contribution >= 4 is 35.2 Å². The van der Waals surface area contributed by atoms with Crippen molar-refractivity contribution < 1.29 is 14.3 Å². The van der Waals surface area contributed by atoms with E-state index < -0.39 is 0 Å². The second-order valence-electron chi connectivity index (χ2n) is 9.21. The highest BCUT2D eigenvalue weighted by atomic mass is 35.5. The number of para-hydroxylation sites is 2. The standard InChI is InChI=1S/C32H27ClN2O3/c1-22-5-4-6-25(19-22)21-35-28-7-2-3-8-29(28)38-30(32(35)37)20-24-9-13-26(14-10-24)31(36)34-18-17-23-11-15-27(33)16-12-23/h2-16,19-20H,17-18,21H2,1H3,(H,34,36)/b30-20+. The third kappa shape index (κ3) is 5.96. The average molecular weight is 523 g/mol. The molecule has 0 aromatic heterocycles. The summed E-state index contributed by atoms with van der Waals surface area (Å²) in [5.41, 5.74) is 5.34. The fourth-order valence-corrected chi connectivity index (χ4v) is 4.49. The first kappa shape index (κ1) is 25.3. The second-order valence-corrected chi connectivity index (χ2v) is 9.65. The molecule has 0 atom stereocenters. The van der Waals surface area contributed by atoms with E-state index >= 15 is 0 Å². The minimum absolute atomic E-state index is 0.151. The van der Waals surface area contributed by atoms with Crippen LogP contribution in [-0.4, -0.2) is 18.4 Å². The number of hydrogen-bond donors (Lipinski definition) is 1. The predicted octanol–water partition coefficient (Wildman–Crippen LogP) is 6.59. The van der Waals surface area contributed by atoms with E-state index in [0.29, 0.717) is 35.8 Å². The number of aryl methyl sites for hydroxylation is 1. The van der Waals surface area contributed by atoms with Crippen molar-refractivity contribution in [3.8, 4) is 5.75 Å². The number of nitrogens with zero attached hydrogens (tertiary/aromatic N) is 1. The van der Waals surface area contributed by atoms with Crippen LogP contribution in [0.4, 0.5) is 5.69 Å². The molecular formula is C32H27ClN2O3. The normalized spacial score (nSPS) is 13.7. The van der Waals surface area contributed by atoms with Gasteiger partial charge in [0.2, 0.25) is 0 Å². The van der Waals surface area contributed by atoms with Crippen molar-refractivity contribution in [2.75, 3.05) is 11.4 Å². The quantitative estimate of drug-likeness (QED) is 0.279. The van der Waals surface area contributed by atoms with Crippen LogP contribution < -0.4 is 15.0 Å². The lowest BCUT2D eigenvalue weighted by molar-refractivity contribution is -0.117. The second kappa shape index (κ2) is 11.4. The molecule has 1 aliphatic heterocycles. The van der Waals surface area contributed by atoms with Crippen LogP contribution in [0, 0.1) is 6.92 Å². The van der Waals surface area contributed by atoms with Gasteiger partial charge in [0.15, 0.2) is 11.5 Å². The van der Waals surface area contributed by atoms with Crippen molar-refractivity contribution in [1.29, 1.82) is 0 Å². The molecule has 4 aromatic carbocycles. The lowest BCUT2D eigenvalue weighted by Gasteiger charge is -2.30. The SMILES string of the molecule is Cc1cccc(CN2C(=O)/C(=C\c3ccc(C(=O)NCCc4ccc(Cl)cc4)cc3)Oc3ccccc32)c1. The molecule has 0 unspecified atom stereocenters. The zero-order chi connectivity index (χ0) is 26.5. The Balaban J connectivity index is 1.29. The zero-order valence-corrected chi connectivity index (χ0v) is 21.7. The summed E-state index contributed by atoms with van der Waals surface area (Å²) in [4.78, 5) is 27.8. The Bertz CT molecular complexity index is 1490. The molecule has 1 N–H and O–H groups in total. The van der Waals surface area contributed by atoms with Crippen LogP contribution in [0.2, 0.25) is 5.02 Å². The number of hydrogen-bond acceptors (Lipinski definition) is 3. The number of anilines is 1. The molecule has 1 heterocycles. The molecule has 0 fully saturated rings. The van der Waals surface area contributed by atoms with Gasteiger partial charge < -0.3 is 10.1 Å². The Morgan fingerprint density at radius 2 is 1.68 bits per heavy atom. The van der Waals surface area contributed by atoms with Crippen LogP contribution in [-0.2, 0) is 17.8 Å². The Morgan fingerprint density at radius 3 is 2.45 bits per heavy atom. The molecule has 190 valence electrons. The number of carbonyl (C=O) groups excluding carboxylic acids is 2. The van der Waals surface area contributed by atoms with Gasteiger partial charge in [-0.1, -0.05) is 77.8 Å². The Labute approximate surface area is 227 Å². The molecule has 0 saturated heterocycles. The van der Waals surface area contributed by atoms with Crippen molar-refractivity contribution in [2.24, 2.45) is 0 Å². The topological polar surface area (TPSA) is 58.6 Å². The van der Waals surface area contributed by atoms with Gasteiger partial charge in [-0.15, -0.1) is 0 Å². The van der Waals surface area contributed by atoms with E-state index in [1.54, 1.807) is 23.1 Å². The summed E-state index contributed by atoms with van der Waals surface area (Å²) in [6.07, 6.45) is 2.43. The van der Waals surface area contributed by atoms with Crippen LogP contribution in [0.15, 0.2) is 103 Å². The summed E-state index contributed by atoms with van der Waals surface area (Å²) in [5.74, 6) is 0.495. The van der Waals surface area contributed by atoms with E-state index in [4.69, 9.17) is 16.3 Å². The van der Waals surface area contributed by atoms with Gasteiger partial charge in [0, 0.05) is 17.1 Å². The van der Waals surface area contributed by atoms with Gasteiger partial charge >= 0.3 is 0 Å². The molecule has 2 amide bonds. The number of carbonyl (C=O) groups is 2. The summed E-state index contributed by atoms with van der Waals surface area (Å²) in [7, 11) is 0. The van der Waals surface area contributed by atoms with E-state index in [2.05, 4.69) is 11.4 Å². The van der Waals surface area contributed by atoms with E-state index in [9.17, 15) is 9.59 Å². The highest BCUT2D eigenvalue weighted by molar-refractivity contribution is 6.30. The Kier molecular flexibility index (Phi) is 7.57. The number of rotatable bonds is 7. The summed E-state index contributed by atoms with van der Waals surface area (Å²) in [6, 6.07) is 30.3. The van der Waals surface area contributed by atoms with Gasteiger partial charge in [-0.2, -0.15) is 0 Å². The van der Waals surface area contributed by atoms with E-state index in [1.165, 1.54) is 0 Å². The fraction of sp³-hybridized carbons (Fsp3) is 0.125. The third-order valence-electron chi connectivity index (χ3n) is 6.34. The number of nitrogens with one attached hydrogen (secondary N) is 1. The van der Waals surface area contributed by atoms with E-state index in [0.717, 1.165) is 27.9 Å². The molecule has 0 radical (unpaired) electrons. The first-order valence-electron chi connectivity index (χ1n) is 12.4. The lowest BCUT2D eigenvalue weighted by Crippen LogP contribution is -2.36. The van der Waals surface area contributed by atoms with Gasteiger partial charge in [0.05, 0.1) is 12.2 Å². The van der Waals surface area contributed by atoms with Gasteiger partial charge in [-0.25, -0.2) is 0 Å². The molecule has 0 bridgehead atoms. The van der Waals surface area contributed by atoms with E-state index in [-0.39, 0.29) is 17.6 Å². The van der Waals surface area contributed by atoms with Crippen molar-refractivity contribution in [3.63, 3.8) is 0 Å². The van der Waals surface area contributed by atoms with Crippen LogP contribution in [0.1, 0.15) is 32.6 Å². The summed E-state index contributed by atoms with van der Waals surface area (Å²) in [6.45, 7) is 2.99. The number of benzene rings is 4. The van der Waals surface area contributed by atoms with E-state index in [1.807, 2.05) is 85.8 Å². The Hall–Kier alpha value is -4.35. The monoisotopic (exact) mass is 522 g/mol. The lowest BCUT2D eigenvalue weighted by atomic mass is 10.1. The number of amides is 2. The highest BCUT2D eigenvalue weighted by Crippen LogP contribution is 2.36. The number of halogens is 1. The molecule has 0 spiro atoms.